The van der Waals surface area contributed by atoms with Gasteiger partial charge in [-0.15, -0.1) is 0 Å². The van der Waals surface area contributed by atoms with Gasteiger partial charge in [-0.05, 0) is 48.7 Å². The van der Waals surface area contributed by atoms with E-state index in [-0.39, 0.29) is 0 Å². The molecule has 0 saturated carbocycles. The lowest BCUT2D eigenvalue weighted by Crippen LogP contribution is -2.20. The number of aliphatic hydroxyl groups is 1. The van der Waals surface area contributed by atoms with E-state index >= 15 is 0 Å². The third kappa shape index (κ3) is 3.81. The van der Waals surface area contributed by atoms with Crippen molar-refractivity contribution in [3.05, 3.63) is 58.3 Å². The molecule has 0 fully saturated rings. The summed E-state index contributed by atoms with van der Waals surface area (Å²) in [5.41, 5.74) is 3.33. The van der Waals surface area contributed by atoms with Gasteiger partial charge in [-0.25, -0.2) is 0 Å². The van der Waals surface area contributed by atoms with Crippen LogP contribution in [0.1, 0.15) is 24.2 Å². The Labute approximate surface area is 128 Å². The molecule has 0 spiro atoms. The summed E-state index contributed by atoms with van der Waals surface area (Å²) < 4.78 is 0.945. The number of rotatable bonds is 5. The van der Waals surface area contributed by atoms with Crippen molar-refractivity contribution in [2.24, 2.45) is 0 Å². The lowest BCUT2D eigenvalue weighted by molar-refractivity contribution is 0.198. The van der Waals surface area contributed by atoms with Gasteiger partial charge in [-0.3, -0.25) is 4.98 Å². The van der Waals surface area contributed by atoms with Crippen molar-refractivity contribution in [3.63, 3.8) is 0 Å². The van der Waals surface area contributed by atoms with Crippen LogP contribution in [0.3, 0.4) is 0 Å². The van der Waals surface area contributed by atoms with Crippen LogP contribution in [0.4, 0.5) is 5.69 Å². The van der Waals surface area contributed by atoms with Crippen LogP contribution in [0.2, 0.25) is 0 Å². The number of hydrogen-bond acceptors (Lipinski definition) is 3. The van der Waals surface area contributed by atoms with Gasteiger partial charge in [0.15, 0.2) is 0 Å². The minimum Gasteiger partial charge on any atom is -0.389 e. The molecule has 1 aromatic carbocycles. The number of pyridine rings is 1. The van der Waals surface area contributed by atoms with Crippen molar-refractivity contribution < 1.29 is 5.11 Å². The third-order valence-electron chi connectivity index (χ3n) is 3.36. The summed E-state index contributed by atoms with van der Waals surface area (Å²) in [6.07, 6.45) is 4.17. The Morgan fingerprint density at radius 1 is 1.25 bits per heavy atom. The van der Waals surface area contributed by atoms with E-state index in [0.29, 0.717) is 0 Å². The van der Waals surface area contributed by atoms with Gasteiger partial charge >= 0.3 is 0 Å². The van der Waals surface area contributed by atoms with Gasteiger partial charge in [0, 0.05) is 36.1 Å². The Balaban J connectivity index is 2.02. The smallest absolute Gasteiger partial charge is 0.0772 e. The van der Waals surface area contributed by atoms with E-state index in [9.17, 15) is 5.11 Å². The molecule has 0 unspecified atom stereocenters. The van der Waals surface area contributed by atoms with Gasteiger partial charge in [0.2, 0.25) is 0 Å². The topological polar surface area (TPSA) is 36.4 Å². The lowest BCUT2D eigenvalue weighted by atomic mass is 10.1. The van der Waals surface area contributed by atoms with Crippen molar-refractivity contribution in [1.82, 2.24) is 4.98 Å². The summed E-state index contributed by atoms with van der Waals surface area (Å²) >= 11 is 3.52. The Kier molecular flexibility index (Phi) is 5.15. The predicted molar refractivity (Wildman–Crippen MR) is 86.0 cm³/mol. The number of halogens is 1. The first-order valence-corrected chi connectivity index (χ1v) is 7.45. The molecule has 2 aromatic rings. The molecule has 4 heteroatoms. The Morgan fingerprint density at radius 3 is 2.55 bits per heavy atom. The number of aromatic nitrogens is 1. The number of likely N-dealkylation sites (N-methyl/N-ethyl adjacent to an activating group) is 1. The molecule has 0 aliphatic heterocycles. The molecule has 0 aliphatic rings. The van der Waals surface area contributed by atoms with E-state index in [1.54, 1.807) is 6.92 Å². The molecule has 3 nitrogen and oxygen atoms in total. The maximum absolute atomic E-state index is 9.64. The van der Waals surface area contributed by atoms with Gasteiger partial charge in [0.25, 0.3) is 0 Å². The maximum Gasteiger partial charge on any atom is 0.0772 e. The molecule has 1 aromatic heterocycles. The minimum atomic E-state index is -0.458. The van der Waals surface area contributed by atoms with Gasteiger partial charge < -0.3 is 10.0 Å². The monoisotopic (exact) mass is 334 g/mol. The van der Waals surface area contributed by atoms with Crippen LogP contribution >= 0.6 is 15.9 Å². The molecule has 106 valence electrons. The van der Waals surface area contributed by atoms with E-state index in [4.69, 9.17) is 0 Å². The lowest BCUT2D eigenvalue weighted by Gasteiger charge is -2.21. The van der Waals surface area contributed by atoms with E-state index in [1.165, 1.54) is 5.56 Å². The van der Waals surface area contributed by atoms with Crippen LogP contribution in [0.25, 0.3) is 0 Å². The molecule has 0 saturated heterocycles. The van der Waals surface area contributed by atoms with Crippen LogP contribution in [0.5, 0.6) is 0 Å². The summed E-state index contributed by atoms with van der Waals surface area (Å²) in [4.78, 5) is 6.23. The molecule has 0 radical (unpaired) electrons. The van der Waals surface area contributed by atoms with E-state index in [0.717, 1.165) is 28.7 Å². The van der Waals surface area contributed by atoms with Crippen LogP contribution in [-0.4, -0.2) is 23.7 Å². The average Bonchev–Trinajstić information content (AvgIpc) is 2.45. The number of benzene rings is 1. The molecular weight excluding hydrogens is 316 g/mol. The van der Waals surface area contributed by atoms with Crippen molar-refractivity contribution in [2.45, 2.75) is 19.4 Å². The highest BCUT2D eigenvalue weighted by atomic mass is 79.9. The molecule has 0 aliphatic carbocycles. The van der Waals surface area contributed by atoms with Gasteiger partial charge in [0.05, 0.1) is 6.10 Å². The first kappa shape index (κ1) is 15.0. The van der Waals surface area contributed by atoms with Gasteiger partial charge in [-0.2, -0.15) is 0 Å². The highest BCUT2D eigenvalue weighted by molar-refractivity contribution is 9.10. The third-order valence-corrected chi connectivity index (χ3v) is 4.05. The molecular formula is C16H19BrN2O. The molecule has 1 atom stereocenters. The van der Waals surface area contributed by atoms with Crippen molar-refractivity contribution >= 4 is 21.6 Å². The SMILES string of the molecule is C[C@H](O)c1ccc(N(C)CCc2ccncc2)cc1Br. The predicted octanol–water partition coefficient (Wildman–Crippen LogP) is 3.58. The fraction of sp³-hybridized carbons (Fsp3) is 0.312. The van der Waals surface area contributed by atoms with Gasteiger partial charge in [-0.1, -0.05) is 22.0 Å². The quantitative estimate of drug-likeness (QED) is 0.907. The van der Waals surface area contributed by atoms with Crippen LogP contribution in [-0.2, 0) is 6.42 Å². The number of nitrogens with zero attached hydrogens (tertiary/aromatic N) is 2. The summed E-state index contributed by atoms with van der Waals surface area (Å²) in [6, 6.07) is 10.1. The van der Waals surface area contributed by atoms with E-state index in [1.807, 2.05) is 36.7 Å². The molecule has 0 bridgehead atoms. The minimum absolute atomic E-state index is 0.458. The molecule has 2 rings (SSSR count). The van der Waals surface area contributed by atoms with E-state index < -0.39 is 6.10 Å². The van der Waals surface area contributed by atoms with Crippen LogP contribution in [0.15, 0.2) is 47.2 Å². The highest BCUT2D eigenvalue weighted by Crippen LogP contribution is 2.27. The largest absolute Gasteiger partial charge is 0.389 e. The molecule has 1 heterocycles. The Bertz CT molecular complexity index is 558. The zero-order valence-electron chi connectivity index (χ0n) is 11.8. The Hall–Kier alpha value is -1.39. The van der Waals surface area contributed by atoms with Gasteiger partial charge in [0.1, 0.15) is 0 Å². The maximum atomic E-state index is 9.64. The van der Waals surface area contributed by atoms with E-state index in [2.05, 4.69) is 38.9 Å². The zero-order chi connectivity index (χ0) is 14.5. The molecule has 1 N–H and O–H groups in total. The summed E-state index contributed by atoms with van der Waals surface area (Å²) in [5.74, 6) is 0. The first-order chi connectivity index (χ1) is 9.58. The Morgan fingerprint density at radius 2 is 1.95 bits per heavy atom. The second-order valence-electron chi connectivity index (χ2n) is 4.91. The number of anilines is 1. The summed E-state index contributed by atoms with van der Waals surface area (Å²) in [6.45, 7) is 2.71. The second-order valence-corrected chi connectivity index (χ2v) is 5.76. The fourth-order valence-corrected chi connectivity index (χ4v) is 2.77. The second kappa shape index (κ2) is 6.86. The fourth-order valence-electron chi connectivity index (χ4n) is 2.07. The normalized spacial score (nSPS) is 12.2. The summed E-state index contributed by atoms with van der Waals surface area (Å²) in [7, 11) is 2.07. The standard InChI is InChI=1S/C16H19BrN2O/c1-12(20)15-4-3-14(11-16(15)17)19(2)10-7-13-5-8-18-9-6-13/h3-6,8-9,11-12,20H,7,10H2,1-2H3/t12-/m0/s1. The van der Waals surface area contributed by atoms with Crippen molar-refractivity contribution in [2.75, 3.05) is 18.5 Å². The summed E-state index contributed by atoms with van der Waals surface area (Å²) in [5, 5.41) is 9.64. The number of hydrogen-bond donors (Lipinski definition) is 1. The van der Waals surface area contributed by atoms with Crippen LogP contribution in [0, 0.1) is 0 Å². The molecule has 0 amide bonds. The van der Waals surface area contributed by atoms with Crippen LogP contribution < -0.4 is 4.90 Å². The number of aliphatic hydroxyl groups excluding tert-OH is 1. The first-order valence-electron chi connectivity index (χ1n) is 6.65. The van der Waals surface area contributed by atoms with Crippen molar-refractivity contribution in [1.29, 1.82) is 0 Å². The molecule has 20 heavy (non-hydrogen) atoms. The average molecular weight is 335 g/mol. The zero-order valence-corrected chi connectivity index (χ0v) is 13.3. The van der Waals surface area contributed by atoms with Crippen molar-refractivity contribution in [3.8, 4) is 0 Å². The highest BCUT2D eigenvalue weighted by Gasteiger charge is 2.08.